The lowest BCUT2D eigenvalue weighted by Crippen LogP contribution is -2.42. The van der Waals surface area contributed by atoms with Crippen LogP contribution in [0.2, 0.25) is 0 Å². The molecule has 190 valence electrons. The number of anilines is 1. The van der Waals surface area contributed by atoms with Crippen LogP contribution in [0.3, 0.4) is 0 Å². The lowest BCUT2D eigenvalue weighted by Gasteiger charge is -2.35. The molecule has 0 radical (unpaired) electrons. The second-order valence-electron chi connectivity index (χ2n) is 10.2. The summed E-state index contributed by atoms with van der Waals surface area (Å²) in [7, 11) is 1.56. The van der Waals surface area contributed by atoms with Crippen molar-refractivity contribution in [1.29, 1.82) is 0 Å². The summed E-state index contributed by atoms with van der Waals surface area (Å²) in [6, 6.07) is 6.65. The number of likely N-dealkylation sites (tertiary alicyclic amines) is 1. The van der Waals surface area contributed by atoms with Crippen LogP contribution in [-0.4, -0.2) is 88.6 Å². The average molecular weight is 495 g/mol. The van der Waals surface area contributed by atoms with E-state index in [1.54, 1.807) is 18.7 Å². The van der Waals surface area contributed by atoms with E-state index in [9.17, 15) is 4.79 Å². The quantitative estimate of drug-likeness (QED) is 0.517. The number of hydrogen-bond acceptors (Lipinski definition) is 8. The Labute approximate surface area is 209 Å². The fourth-order valence-corrected chi connectivity index (χ4v) is 5.99. The standard InChI is InChI=1S/C26H31FN6O3/c1-15-6-17-10-28-33(23(17)8-21(15)20-4-5-31(11-16(2)34)13-22(20)27)25-9-24(29-26(30-25)35-3)32-12-19-7-18(32)14-36-19/h6,8-10,18-20,22H,4-5,7,11-14H2,1-3H3/t18-,19-,20?,22?/m1/s1. The average Bonchev–Trinajstić information content (AvgIpc) is 3.59. The number of rotatable bonds is 6. The van der Waals surface area contributed by atoms with Crippen molar-refractivity contribution in [3.8, 4) is 11.8 Å². The summed E-state index contributed by atoms with van der Waals surface area (Å²) < 4.78 is 28.3. The second kappa shape index (κ2) is 9.08. The number of benzene rings is 1. The molecular weight excluding hydrogens is 463 g/mol. The molecule has 0 saturated carbocycles. The molecular formula is C26H31FN6O3. The highest BCUT2D eigenvalue weighted by Crippen LogP contribution is 2.36. The molecule has 2 aromatic heterocycles. The Morgan fingerprint density at radius 2 is 2.06 bits per heavy atom. The van der Waals surface area contributed by atoms with Gasteiger partial charge < -0.3 is 14.4 Å². The van der Waals surface area contributed by atoms with E-state index in [0.29, 0.717) is 38.0 Å². The van der Waals surface area contributed by atoms with Crippen molar-refractivity contribution in [2.45, 2.75) is 50.9 Å². The largest absolute Gasteiger partial charge is 0.467 e. The van der Waals surface area contributed by atoms with Gasteiger partial charge in [0.05, 0.1) is 44.1 Å². The minimum Gasteiger partial charge on any atom is -0.467 e. The Kier molecular flexibility index (Phi) is 5.88. The molecule has 5 heterocycles. The van der Waals surface area contributed by atoms with Crippen LogP contribution in [0.1, 0.15) is 36.8 Å². The zero-order chi connectivity index (χ0) is 25.0. The monoisotopic (exact) mass is 494 g/mol. The first-order valence-corrected chi connectivity index (χ1v) is 12.6. The maximum Gasteiger partial charge on any atom is 0.320 e. The summed E-state index contributed by atoms with van der Waals surface area (Å²) in [5.41, 5.74) is 2.89. The van der Waals surface area contributed by atoms with E-state index in [1.807, 2.05) is 24.1 Å². The number of alkyl halides is 1. The summed E-state index contributed by atoms with van der Waals surface area (Å²) in [5, 5.41) is 5.60. The summed E-state index contributed by atoms with van der Waals surface area (Å²) in [6.45, 7) is 6.36. The van der Waals surface area contributed by atoms with Crippen molar-refractivity contribution in [2.75, 3.05) is 44.8 Å². The molecule has 0 amide bonds. The van der Waals surface area contributed by atoms with Gasteiger partial charge in [0.1, 0.15) is 17.8 Å². The zero-order valence-electron chi connectivity index (χ0n) is 20.9. The van der Waals surface area contributed by atoms with Crippen molar-refractivity contribution >= 4 is 22.5 Å². The molecule has 6 rings (SSSR count). The number of morpholine rings is 1. The van der Waals surface area contributed by atoms with Crippen molar-refractivity contribution < 1.29 is 18.7 Å². The van der Waals surface area contributed by atoms with Gasteiger partial charge in [-0.15, -0.1) is 0 Å². The Morgan fingerprint density at radius 3 is 2.75 bits per heavy atom. The van der Waals surface area contributed by atoms with Gasteiger partial charge >= 0.3 is 6.01 Å². The number of Topliss-reactive ketones (excluding diaryl/α,β-unsaturated/α-hetero) is 1. The summed E-state index contributed by atoms with van der Waals surface area (Å²) in [6.07, 6.45) is 2.69. The number of aromatic nitrogens is 4. The molecule has 36 heavy (non-hydrogen) atoms. The van der Waals surface area contributed by atoms with Gasteiger partial charge in [-0.2, -0.15) is 15.1 Å². The van der Waals surface area contributed by atoms with E-state index in [1.165, 1.54) is 0 Å². The third-order valence-corrected chi connectivity index (χ3v) is 7.70. The molecule has 9 nitrogen and oxygen atoms in total. The summed E-state index contributed by atoms with van der Waals surface area (Å²) in [4.78, 5) is 24.9. The maximum atomic E-state index is 15.3. The Hall–Kier alpha value is -3.11. The number of piperidine rings is 1. The van der Waals surface area contributed by atoms with Crippen molar-refractivity contribution in [2.24, 2.45) is 0 Å². The molecule has 3 aliphatic rings. The molecule has 3 aliphatic heterocycles. The SMILES string of the molecule is COc1nc(N2C[C@H]3C[C@@H]2CO3)cc(-n2ncc3cc(C)c(C4CCN(CC(C)=O)CC4F)cc32)n1. The van der Waals surface area contributed by atoms with Crippen LogP contribution in [0, 0.1) is 6.92 Å². The van der Waals surface area contributed by atoms with E-state index in [-0.39, 0.29) is 30.4 Å². The normalized spacial score (nSPS) is 26.2. The predicted molar refractivity (Wildman–Crippen MR) is 133 cm³/mol. The third-order valence-electron chi connectivity index (χ3n) is 7.70. The summed E-state index contributed by atoms with van der Waals surface area (Å²) >= 11 is 0. The van der Waals surface area contributed by atoms with Crippen LogP contribution in [0.15, 0.2) is 24.4 Å². The Morgan fingerprint density at radius 1 is 1.22 bits per heavy atom. The van der Waals surface area contributed by atoms with E-state index in [4.69, 9.17) is 9.47 Å². The smallest absolute Gasteiger partial charge is 0.320 e. The first-order chi connectivity index (χ1) is 17.4. The number of carbonyl (C=O) groups is 1. The van der Waals surface area contributed by atoms with Gasteiger partial charge in [-0.1, -0.05) is 0 Å². The number of ether oxygens (including phenoxy) is 2. The summed E-state index contributed by atoms with van der Waals surface area (Å²) in [5.74, 6) is 1.25. The van der Waals surface area contributed by atoms with Gasteiger partial charge in [0.2, 0.25) is 0 Å². The number of nitrogens with zero attached hydrogens (tertiary/aromatic N) is 6. The number of ketones is 1. The number of aryl methyl sites for hydroxylation is 1. The molecule has 3 fully saturated rings. The molecule has 3 saturated heterocycles. The van der Waals surface area contributed by atoms with Crippen molar-refractivity contribution in [3.63, 3.8) is 0 Å². The highest BCUT2D eigenvalue weighted by molar-refractivity contribution is 5.82. The number of methoxy groups -OCH3 is 1. The molecule has 0 N–H and O–H groups in total. The molecule has 10 heteroatoms. The van der Waals surface area contributed by atoms with E-state index in [2.05, 4.69) is 32.1 Å². The van der Waals surface area contributed by atoms with E-state index >= 15 is 4.39 Å². The molecule has 2 bridgehead atoms. The number of hydrogen-bond donors (Lipinski definition) is 0. The third kappa shape index (κ3) is 4.12. The number of halogens is 1. The topological polar surface area (TPSA) is 85.6 Å². The van der Waals surface area contributed by atoms with Crippen LogP contribution < -0.4 is 9.64 Å². The maximum absolute atomic E-state index is 15.3. The van der Waals surface area contributed by atoms with E-state index < -0.39 is 6.17 Å². The molecule has 1 aromatic carbocycles. The van der Waals surface area contributed by atoms with Crippen LogP contribution in [-0.2, 0) is 9.53 Å². The van der Waals surface area contributed by atoms with Crippen LogP contribution in [0.4, 0.5) is 10.2 Å². The Bertz CT molecular complexity index is 1310. The van der Waals surface area contributed by atoms with Crippen molar-refractivity contribution in [3.05, 3.63) is 35.5 Å². The van der Waals surface area contributed by atoms with Crippen molar-refractivity contribution in [1.82, 2.24) is 24.6 Å². The van der Waals surface area contributed by atoms with Gasteiger partial charge in [-0.3, -0.25) is 9.69 Å². The van der Waals surface area contributed by atoms with Gasteiger partial charge in [-0.25, -0.2) is 9.07 Å². The molecule has 0 aliphatic carbocycles. The molecule has 4 atom stereocenters. The number of carbonyl (C=O) groups excluding carboxylic acids is 1. The zero-order valence-corrected chi connectivity index (χ0v) is 20.9. The molecule has 2 unspecified atom stereocenters. The van der Waals surface area contributed by atoms with Crippen LogP contribution >= 0.6 is 0 Å². The van der Waals surface area contributed by atoms with E-state index in [0.717, 1.165) is 40.8 Å². The van der Waals surface area contributed by atoms with Gasteiger partial charge in [0.25, 0.3) is 0 Å². The fourth-order valence-electron chi connectivity index (χ4n) is 5.99. The molecule has 3 aromatic rings. The fraction of sp³-hybridized carbons (Fsp3) is 0.538. The first-order valence-electron chi connectivity index (χ1n) is 12.6. The highest BCUT2D eigenvalue weighted by atomic mass is 19.1. The second-order valence-corrected chi connectivity index (χ2v) is 10.2. The molecule has 0 spiro atoms. The minimum absolute atomic E-state index is 0.0658. The van der Waals surface area contributed by atoms with Gasteiger partial charge in [0.15, 0.2) is 5.82 Å². The van der Waals surface area contributed by atoms with Gasteiger partial charge in [-0.05, 0) is 56.5 Å². The lowest BCUT2D eigenvalue weighted by molar-refractivity contribution is -0.118. The minimum atomic E-state index is -1.04. The lowest BCUT2D eigenvalue weighted by atomic mass is 9.85. The van der Waals surface area contributed by atoms with Crippen LogP contribution in [0.25, 0.3) is 16.7 Å². The number of fused-ring (bicyclic) bond motifs is 3. The first kappa shape index (κ1) is 23.3. The van der Waals surface area contributed by atoms with Crippen LogP contribution in [0.5, 0.6) is 6.01 Å². The predicted octanol–water partition coefficient (Wildman–Crippen LogP) is 2.83. The highest BCUT2D eigenvalue weighted by Gasteiger charge is 2.40. The van der Waals surface area contributed by atoms with Gasteiger partial charge in [0, 0.05) is 30.5 Å². The Balaban J connectivity index is 1.35.